The zero-order valence-electron chi connectivity index (χ0n) is 16.6. The first-order chi connectivity index (χ1) is 15.0. The first-order valence-corrected chi connectivity index (χ1v) is 10.6. The van der Waals surface area contributed by atoms with Gasteiger partial charge in [-0.15, -0.1) is 11.3 Å². The summed E-state index contributed by atoms with van der Waals surface area (Å²) < 4.78 is 5.13. The number of amides is 2. The van der Waals surface area contributed by atoms with Crippen molar-refractivity contribution in [2.75, 3.05) is 12.4 Å². The van der Waals surface area contributed by atoms with Crippen LogP contribution in [0.4, 0.5) is 5.82 Å². The summed E-state index contributed by atoms with van der Waals surface area (Å²) in [5.41, 5.74) is 1.70. The van der Waals surface area contributed by atoms with Crippen LogP contribution in [0.25, 0.3) is 10.2 Å². The second kappa shape index (κ2) is 9.20. The van der Waals surface area contributed by atoms with E-state index in [9.17, 15) is 9.59 Å². The fourth-order valence-corrected chi connectivity index (χ4v) is 4.14. The van der Waals surface area contributed by atoms with Crippen molar-refractivity contribution < 1.29 is 14.3 Å². The molecule has 2 aromatic carbocycles. The third kappa shape index (κ3) is 4.87. The number of thiophene rings is 1. The van der Waals surface area contributed by atoms with E-state index < -0.39 is 0 Å². The van der Waals surface area contributed by atoms with Crippen molar-refractivity contribution in [3.05, 3.63) is 75.6 Å². The molecule has 2 aromatic heterocycles. The van der Waals surface area contributed by atoms with Crippen molar-refractivity contribution in [3.8, 4) is 5.75 Å². The summed E-state index contributed by atoms with van der Waals surface area (Å²) in [4.78, 5) is 26.1. The van der Waals surface area contributed by atoms with Gasteiger partial charge >= 0.3 is 0 Å². The third-order valence-corrected chi connectivity index (χ3v) is 6.06. The van der Waals surface area contributed by atoms with E-state index in [1.54, 1.807) is 25.3 Å². The van der Waals surface area contributed by atoms with Crippen LogP contribution in [-0.4, -0.2) is 29.1 Å². The van der Waals surface area contributed by atoms with Crippen molar-refractivity contribution in [2.45, 2.75) is 13.0 Å². The monoisotopic (exact) mass is 454 g/mol. The third-order valence-electron chi connectivity index (χ3n) is 4.66. The summed E-state index contributed by atoms with van der Waals surface area (Å²) in [6.45, 7) is 0.395. The Hall–Kier alpha value is -3.36. The first kappa shape index (κ1) is 20.9. The summed E-state index contributed by atoms with van der Waals surface area (Å²) >= 11 is 7.38. The smallest absolute Gasteiger partial charge is 0.261 e. The van der Waals surface area contributed by atoms with E-state index in [0.717, 1.165) is 16.9 Å². The number of anilines is 1. The number of ether oxygens (including phenoxy) is 1. The average molecular weight is 455 g/mol. The van der Waals surface area contributed by atoms with Crippen LogP contribution in [0.3, 0.4) is 0 Å². The minimum atomic E-state index is -0.227. The van der Waals surface area contributed by atoms with Gasteiger partial charge in [-0.1, -0.05) is 41.9 Å². The molecule has 0 aliphatic heterocycles. The van der Waals surface area contributed by atoms with Gasteiger partial charge in [-0.3, -0.25) is 14.7 Å². The number of methoxy groups -OCH3 is 1. The molecule has 0 radical (unpaired) electrons. The lowest BCUT2D eigenvalue weighted by molar-refractivity contribution is -0.115. The van der Waals surface area contributed by atoms with Gasteiger partial charge in [0.05, 0.1) is 23.8 Å². The molecule has 0 atom stereocenters. The van der Waals surface area contributed by atoms with Gasteiger partial charge in [0, 0.05) is 11.6 Å². The Bertz CT molecular complexity index is 1230. The molecule has 0 bridgehead atoms. The lowest BCUT2D eigenvalue weighted by atomic mass is 10.1. The van der Waals surface area contributed by atoms with E-state index >= 15 is 0 Å². The van der Waals surface area contributed by atoms with Crippen LogP contribution in [0.15, 0.2) is 54.6 Å². The highest BCUT2D eigenvalue weighted by atomic mass is 35.5. The number of halogens is 1. The lowest BCUT2D eigenvalue weighted by Gasteiger charge is -2.05. The maximum atomic E-state index is 12.6. The number of carbonyl (C=O) groups excluding carboxylic acids is 2. The van der Waals surface area contributed by atoms with Crippen molar-refractivity contribution in [2.24, 2.45) is 0 Å². The van der Waals surface area contributed by atoms with E-state index in [1.807, 2.05) is 36.4 Å². The number of H-pyrrole nitrogens is 1. The van der Waals surface area contributed by atoms with Gasteiger partial charge in [-0.05, 0) is 35.4 Å². The fraction of sp³-hybridized carbons (Fsp3) is 0.136. The van der Waals surface area contributed by atoms with Crippen molar-refractivity contribution in [1.29, 1.82) is 0 Å². The molecule has 0 fully saturated rings. The second-order valence-electron chi connectivity index (χ2n) is 6.78. The lowest BCUT2D eigenvalue weighted by Crippen LogP contribution is -2.21. The van der Waals surface area contributed by atoms with Crippen LogP contribution in [0, 0.1) is 0 Å². The molecule has 4 aromatic rings. The topological polar surface area (TPSA) is 96.1 Å². The minimum Gasteiger partial charge on any atom is -0.497 e. The molecule has 2 heterocycles. The maximum Gasteiger partial charge on any atom is 0.261 e. The van der Waals surface area contributed by atoms with Crippen LogP contribution in [0.5, 0.6) is 5.75 Å². The Kier molecular flexibility index (Phi) is 6.20. The Morgan fingerprint density at radius 2 is 1.94 bits per heavy atom. The van der Waals surface area contributed by atoms with Gasteiger partial charge in [0.25, 0.3) is 5.91 Å². The standard InChI is InChI=1S/C22H19ClN4O3S/c1-30-15-8-6-13(7-9-15)12-24-21(29)18-11-16-20(26-27-22(16)31-18)25-19(28)10-14-4-2-3-5-17(14)23/h2-9,11H,10,12H2,1H3,(H,24,29)(H2,25,26,27,28). The highest BCUT2D eigenvalue weighted by molar-refractivity contribution is 7.20. The summed E-state index contributed by atoms with van der Waals surface area (Å²) in [5.74, 6) is 0.790. The number of nitrogens with one attached hydrogen (secondary N) is 3. The number of aromatic amines is 1. The molecule has 2 amide bonds. The van der Waals surface area contributed by atoms with E-state index in [1.165, 1.54) is 11.3 Å². The van der Waals surface area contributed by atoms with Crippen LogP contribution in [0.1, 0.15) is 20.8 Å². The number of carbonyl (C=O) groups is 2. The molecule has 0 aliphatic carbocycles. The van der Waals surface area contributed by atoms with Crippen LogP contribution in [0.2, 0.25) is 5.02 Å². The van der Waals surface area contributed by atoms with E-state index in [4.69, 9.17) is 16.3 Å². The fourth-order valence-electron chi connectivity index (χ4n) is 3.03. The number of rotatable bonds is 7. The summed E-state index contributed by atoms with van der Waals surface area (Å²) in [5, 5.41) is 13.9. The minimum absolute atomic E-state index is 0.138. The number of aromatic nitrogens is 2. The molecule has 0 unspecified atom stereocenters. The first-order valence-electron chi connectivity index (χ1n) is 9.46. The SMILES string of the molecule is COc1ccc(CNC(=O)c2cc3c(NC(=O)Cc4ccccc4Cl)[nH]nc3s2)cc1. The number of hydrogen-bond donors (Lipinski definition) is 3. The second-order valence-corrected chi connectivity index (χ2v) is 8.21. The average Bonchev–Trinajstić information content (AvgIpc) is 3.36. The molecule has 0 saturated heterocycles. The van der Waals surface area contributed by atoms with Gasteiger partial charge in [0.1, 0.15) is 16.4 Å². The summed E-state index contributed by atoms with van der Waals surface area (Å²) in [7, 11) is 1.61. The predicted molar refractivity (Wildman–Crippen MR) is 122 cm³/mol. The molecule has 4 rings (SSSR count). The highest BCUT2D eigenvalue weighted by Crippen LogP contribution is 2.29. The largest absolute Gasteiger partial charge is 0.497 e. The maximum absolute atomic E-state index is 12.6. The Morgan fingerprint density at radius 1 is 1.16 bits per heavy atom. The molecule has 158 valence electrons. The molecule has 0 saturated carbocycles. The van der Waals surface area contributed by atoms with Crippen LogP contribution >= 0.6 is 22.9 Å². The number of hydrogen-bond acceptors (Lipinski definition) is 5. The van der Waals surface area contributed by atoms with E-state index in [2.05, 4.69) is 20.8 Å². The predicted octanol–water partition coefficient (Wildman–Crippen LogP) is 4.40. The van der Waals surface area contributed by atoms with E-state index in [-0.39, 0.29) is 18.2 Å². The molecular weight excluding hydrogens is 436 g/mol. The quantitative estimate of drug-likeness (QED) is 0.385. The molecule has 9 heteroatoms. The highest BCUT2D eigenvalue weighted by Gasteiger charge is 2.17. The summed E-state index contributed by atoms with van der Waals surface area (Å²) in [6.07, 6.45) is 0.138. The van der Waals surface area contributed by atoms with Gasteiger partial charge in [-0.2, -0.15) is 5.10 Å². The van der Waals surface area contributed by atoms with Gasteiger partial charge in [0.2, 0.25) is 5.91 Å². The van der Waals surface area contributed by atoms with Gasteiger partial charge in [0.15, 0.2) is 0 Å². The van der Waals surface area contributed by atoms with Crippen LogP contribution < -0.4 is 15.4 Å². The Labute approximate surface area is 187 Å². The molecule has 31 heavy (non-hydrogen) atoms. The molecular formula is C22H19ClN4O3S. The number of nitrogens with zero attached hydrogens (tertiary/aromatic N) is 1. The van der Waals surface area contributed by atoms with Crippen molar-refractivity contribution in [1.82, 2.24) is 15.5 Å². The molecule has 0 aliphatic rings. The van der Waals surface area contributed by atoms with E-state index in [0.29, 0.717) is 32.5 Å². The normalized spacial score (nSPS) is 10.8. The van der Waals surface area contributed by atoms with Gasteiger partial charge < -0.3 is 15.4 Å². The zero-order chi connectivity index (χ0) is 21.8. The zero-order valence-corrected chi connectivity index (χ0v) is 18.1. The Morgan fingerprint density at radius 3 is 2.68 bits per heavy atom. The van der Waals surface area contributed by atoms with Crippen LogP contribution in [-0.2, 0) is 17.8 Å². The molecule has 3 N–H and O–H groups in total. The molecule has 0 spiro atoms. The summed E-state index contributed by atoms with van der Waals surface area (Å²) in [6, 6.07) is 16.4. The Balaban J connectivity index is 1.41. The number of benzene rings is 2. The molecule has 7 nitrogen and oxygen atoms in total. The van der Waals surface area contributed by atoms with Gasteiger partial charge in [-0.25, -0.2) is 0 Å². The van der Waals surface area contributed by atoms with Crippen molar-refractivity contribution in [3.63, 3.8) is 0 Å². The van der Waals surface area contributed by atoms with Crippen molar-refractivity contribution >= 4 is 50.8 Å². The number of fused-ring (bicyclic) bond motifs is 1.